The number of ether oxygens (including phenoxy) is 1. The summed E-state index contributed by atoms with van der Waals surface area (Å²) in [5.41, 5.74) is 2.76. The van der Waals surface area contributed by atoms with Crippen molar-refractivity contribution in [1.82, 2.24) is 14.7 Å². The van der Waals surface area contributed by atoms with E-state index in [1.165, 1.54) is 18.2 Å². The Balaban J connectivity index is 1.71. The zero-order valence-electron chi connectivity index (χ0n) is 18.9. The molecule has 3 aromatic rings. The number of halogens is 3. The van der Waals surface area contributed by atoms with Crippen molar-refractivity contribution < 1.29 is 18.3 Å². The van der Waals surface area contributed by atoms with Gasteiger partial charge in [0.15, 0.2) is 0 Å². The van der Waals surface area contributed by atoms with Gasteiger partial charge in [0.25, 0.3) is 0 Å². The molecule has 1 amide bonds. The fourth-order valence-electron chi connectivity index (χ4n) is 4.00. The van der Waals surface area contributed by atoms with Crippen LogP contribution in [0.4, 0.5) is 13.6 Å². The molecule has 1 aromatic heterocycles. The van der Waals surface area contributed by atoms with Crippen molar-refractivity contribution in [2.75, 3.05) is 13.1 Å². The molecule has 174 valence electrons. The van der Waals surface area contributed by atoms with Gasteiger partial charge in [-0.05, 0) is 51.5 Å². The Labute approximate surface area is 196 Å². The third-order valence-electron chi connectivity index (χ3n) is 5.52. The quantitative estimate of drug-likeness (QED) is 0.478. The molecular weight excluding hydrogens is 448 g/mol. The van der Waals surface area contributed by atoms with Crippen molar-refractivity contribution in [2.24, 2.45) is 0 Å². The first-order chi connectivity index (χ1) is 15.6. The lowest BCUT2D eigenvalue weighted by atomic mass is 10.0. The van der Waals surface area contributed by atoms with E-state index in [1.807, 2.05) is 32.9 Å². The van der Waals surface area contributed by atoms with Gasteiger partial charge in [-0.2, -0.15) is 5.10 Å². The maximum atomic E-state index is 14.4. The maximum Gasteiger partial charge on any atom is 0.410 e. The van der Waals surface area contributed by atoms with Crippen LogP contribution in [0.5, 0.6) is 0 Å². The van der Waals surface area contributed by atoms with E-state index in [1.54, 1.807) is 21.7 Å². The highest BCUT2D eigenvalue weighted by atomic mass is 35.5. The number of aromatic nitrogens is 2. The molecule has 4 rings (SSSR count). The number of benzene rings is 2. The molecule has 0 fully saturated rings. The van der Waals surface area contributed by atoms with Crippen molar-refractivity contribution in [3.05, 3.63) is 75.9 Å². The molecule has 2 heterocycles. The largest absolute Gasteiger partial charge is 0.444 e. The van der Waals surface area contributed by atoms with Crippen LogP contribution in [0.15, 0.2) is 42.5 Å². The van der Waals surface area contributed by atoms with Gasteiger partial charge in [-0.3, -0.25) is 4.68 Å². The Morgan fingerprint density at radius 2 is 1.70 bits per heavy atom. The molecule has 0 atom stereocenters. The Kier molecular flexibility index (Phi) is 6.43. The molecule has 1 aliphatic heterocycles. The van der Waals surface area contributed by atoms with Gasteiger partial charge in [-0.25, -0.2) is 13.6 Å². The van der Waals surface area contributed by atoms with E-state index in [0.717, 1.165) is 22.5 Å². The minimum Gasteiger partial charge on any atom is -0.444 e. The highest BCUT2D eigenvalue weighted by molar-refractivity contribution is 6.30. The predicted octanol–water partition coefficient (Wildman–Crippen LogP) is 5.87. The van der Waals surface area contributed by atoms with Crippen LogP contribution in [-0.2, 0) is 24.1 Å². The van der Waals surface area contributed by atoms with Gasteiger partial charge in [0, 0.05) is 41.2 Å². The van der Waals surface area contributed by atoms with Gasteiger partial charge < -0.3 is 9.64 Å². The number of nitrogens with zero attached hydrogens (tertiary/aromatic N) is 3. The van der Waals surface area contributed by atoms with E-state index in [-0.39, 0.29) is 18.2 Å². The maximum absolute atomic E-state index is 14.4. The number of carbonyl (C=O) groups is 1. The van der Waals surface area contributed by atoms with Gasteiger partial charge >= 0.3 is 6.09 Å². The summed E-state index contributed by atoms with van der Waals surface area (Å²) in [5, 5.41) is 5.32. The molecule has 8 heteroatoms. The smallest absolute Gasteiger partial charge is 0.410 e. The first-order valence-corrected chi connectivity index (χ1v) is 11.3. The lowest BCUT2D eigenvalue weighted by molar-refractivity contribution is 0.0258. The molecule has 0 unspecified atom stereocenters. The minimum atomic E-state index is -0.612. The average molecular weight is 474 g/mol. The summed E-state index contributed by atoms with van der Waals surface area (Å²) in [6, 6.07) is 11.1. The van der Waals surface area contributed by atoms with E-state index in [2.05, 4.69) is 0 Å². The number of amides is 1. The Hall–Kier alpha value is -2.93. The average Bonchev–Trinajstić information content (AvgIpc) is 2.93. The highest BCUT2D eigenvalue weighted by Gasteiger charge is 2.28. The SMILES string of the molecule is CC(C)(C)OC(=O)N1CCc2nn(Cc3c(F)cccc3F)c(-c3ccc(Cl)cc3)c2CC1. The topological polar surface area (TPSA) is 47.4 Å². The van der Waals surface area contributed by atoms with Crippen molar-refractivity contribution >= 4 is 17.7 Å². The monoisotopic (exact) mass is 473 g/mol. The van der Waals surface area contributed by atoms with Crippen LogP contribution in [0.3, 0.4) is 0 Å². The van der Waals surface area contributed by atoms with Crippen LogP contribution in [-0.4, -0.2) is 39.5 Å². The number of fused-ring (bicyclic) bond motifs is 1. The van der Waals surface area contributed by atoms with Crippen molar-refractivity contribution in [1.29, 1.82) is 0 Å². The van der Waals surface area contributed by atoms with Crippen molar-refractivity contribution in [2.45, 2.75) is 45.8 Å². The van der Waals surface area contributed by atoms with Crippen LogP contribution >= 0.6 is 11.6 Å². The van der Waals surface area contributed by atoms with Crippen LogP contribution in [0.25, 0.3) is 11.3 Å². The lowest BCUT2D eigenvalue weighted by Gasteiger charge is -2.26. The first kappa shape index (κ1) is 23.2. The standard InChI is InChI=1S/C25H26ClF2N3O2/c1-25(2,3)33-24(32)30-13-11-18-22(12-14-30)29-31(15-19-20(27)5-4-6-21(19)28)23(18)16-7-9-17(26)10-8-16/h4-10H,11-15H2,1-3H3. The second kappa shape index (κ2) is 9.14. The van der Waals surface area contributed by atoms with Crippen LogP contribution < -0.4 is 0 Å². The molecule has 0 spiro atoms. The number of rotatable bonds is 3. The summed E-state index contributed by atoms with van der Waals surface area (Å²) in [7, 11) is 0. The second-order valence-corrected chi connectivity index (χ2v) is 9.54. The van der Waals surface area contributed by atoms with E-state index in [9.17, 15) is 13.6 Å². The molecule has 0 aliphatic carbocycles. The van der Waals surface area contributed by atoms with Gasteiger partial charge in [-0.1, -0.05) is 29.8 Å². The first-order valence-electron chi connectivity index (χ1n) is 10.9. The third-order valence-corrected chi connectivity index (χ3v) is 5.77. The third kappa shape index (κ3) is 5.19. The van der Waals surface area contributed by atoms with E-state index < -0.39 is 17.2 Å². The molecule has 2 aromatic carbocycles. The van der Waals surface area contributed by atoms with Gasteiger partial charge in [0.05, 0.1) is 17.9 Å². The van der Waals surface area contributed by atoms with E-state index >= 15 is 0 Å². The zero-order chi connectivity index (χ0) is 23.8. The minimum absolute atomic E-state index is 0.0410. The number of hydrogen-bond acceptors (Lipinski definition) is 3. The molecule has 5 nitrogen and oxygen atoms in total. The molecule has 0 N–H and O–H groups in total. The summed E-state index contributed by atoms with van der Waals surface area (Å²) in [6.07, 6.45) is 0.704. The number of hydrogen-bond donors (Lipinski definition) is 0. The van der Waals surface area contributed by atoms with E-state index in [4.69, 9.17) is 21.4 Å². The normalized spacial score (nSPS) is 14.1. The van der Waals surface area contributed by atoms with Gasteiger partial charge in [0.1, 0.15) is 17.2 Å². The lowest BCUT2D eigenvalue weighted by Crippen LogP contribution is -2.38. The fourth-order valence-corrected chi connectivity index (χ4v) is 4.13. The molecule has 0 saturated carbocycles. The van der Waals surface area contributed by atoms with Crippen LogP contribution in [0, 0.1) is 11.6 Å². The van der Waals surface area contributed by atoms with Crippen molar-refractivity contribution in [3.63, 3.8) is 0 Å². The summed E-state index contributed by atoms with van der Waals surface area (Å²) in [4.78, 5) is 14.3. The van der Waals surface area contributed by atoms with Crippen molar-refractivity contribution in [3.8, 4) is 11.3 Å². The van der Waals surface area contributed by atoms with Gasteiger partial charge in [-0.15, -0.1) is 0 Å². The fraction of sp³-hybridized carbons (Fsp3) is 0.360. The van der Waals surface area contributed by atoms with Crippen LogP contribution in [0.2, 0.25) is 5.02 Å². The number of carbonyl (C=O) groups excluding carboxylic acids is 1. The molecule has 0 saturated heterocycles. The van der Waals surface area contributed by atoms with E-state index in [0.29, 0.717) is 31.0 Å². The van der Waals surface area contributed by atoms with Crippen LogP contribution in [0.1, 0.15) is 37.6 Å². The summed E-state index contributed by atoms with van der Waals surface area (Å²) in [5.74, 6) is -1.22. The molecule has 0 radical (unpaired) electrons. The predicted molar refractivity (Wildman–Crippen MR) is 123 cm³/mol. The molecule has 0 bridgehead atoms. The second-order valence-electron chi connectivity index (χ2n) is 9.11. The Bertz CT molecular complexity index is 1150. The molecular formula is C25H26ClF2N3O2. The summed E-state index contributed by atoms with van der Waals surface area (Å²) >= 11 is 6.08. The summed E-state index contributed by atoms with van der Waals surface area (Å²) < 4.78 is 36.0. The molecule has 1 aliphatic rings. The molecule has 33 heavy (non-hydrogen) atoms. The zero-order valence-corrected chi connectivity index (χ0v) is 19.6. The van der Waals surface area contributed by atoms with Gasteiger partial charge in [0.2, 0.25) is 0 Å². The Morgan fingerprint density at radius 3 is 2.33 bits per heavy atom. The summed E-state index contributed by atoms with van der Waals surface area (Å²) in [6.45, 7) is 6.38. The highest BCUT2D eigenvalue weighted by Crippen LogP contribution is 2.31. The Morgan fingerprint density at radius 1 is 1.06 bits per heavy atom.